The molecular formula is C15H21NO4S. The van der Waals surface area contributed by atoms with E-state index in [0.717, 1.165) is 6.08 Å². The number of benzene rings is 1. The summed E-state index contributed by atoms with van der Waals surface area (Å²) in [6.07, 6.45) is 2.44. The molecule has 1 rings (SSSR count). The van der Waals surface area contributed by atoms with Crippen LogP contribution >= 0.6 is 0 Å². The smallest absolute Gasteiger partial charge is 0.328 e. The lowest BCUT2D eigenvalue weighted by Gasteiger charge is -2.22. The summed E-state index contributed by atoms with van der Waals surface area (Å²) in [5.41, 5.74) is 0.642. The Morgan fingerprint density at radius 1 is 1.29 bits per heavy atom. The summed E-state index contributed by atoms with van der Waals surface area (Å²) in [6, 6.07) is 6.19. The topological polar surface area (TPSA) is 74.7 Å². The van der Waals surface area contributed by atoms with Crippen LogP contribution in [0.5, 0.6) is 0 Å². The van der Waals surface area contributed by atoms with E-state index in [9.17, 15) is 13.2 Å². The first-order chi connectivity index (χ1) is 9.77. The zero-order valence-electron chi connectivity index (χ0n) is 12.5. The van der Waals surface area contributed by atoms with Crippen molar-refractivity contribution < 1.29 is 18.3 Å². The number of carboxylic acids is 1. The van der Waals surface area contributed by atoms with Gasteiger partial charge in [0.25, 0.3) is 0 Å². The lowest BCUT2D eigenvalue weighted by atomic mass is 10.2. The van der Waals surface area contributed by atoms with Crippen LogP contribution in [0.15, 0.2) is 35.2 Å². The molecule has 0 atom stereocenters. The number of carboxylic acid groups (broad SMARTS) is 1. The number of hydrogen-bond donors (Lipinski definition) is 1. The van der Waals surface area contributed by atoms with Gasteiger partial charge in [0, 0.05) is 19.2 Å². The van der Waals surface area contributed by atoms with Crippen LogP contribution in [0.25, 0.3) is 6.08 Å². The minimum absolute atomic E-state index is 0.220. The van der Waals surface area contributed by atoms with Crippen LogP contribution in [-0.2, 0) is 14.8 Å². The lowest BCUT2D eigenvalue weighted by Crippen LogP contribution is -2.34. The molecule has 5 nitrogen and oxygen atoms in total. The third kappa shape index (κ3) is 4.99. The molecular weight excluding hydrogens is 290 g/mol. The number of hydrogen-bond acceptors (Lipinski definition) is 3. The minimum atomic E-state index is -3.50. The second-order valence-corrected chi connectivity index (χ2v) is 7.03. The number of rotatable bonds is 7. The van der Waals surface area contributed by atoms with Crippen molar-refractivity contribution in [1.29, 1.82) is 0 Å². The van der Waals surface area contributed by atoms with Crippen molar-refractivity contribution in [2.45, 2.75) is 25.7 Å². The third-order valence-corrected chi connectivity index (χ3v) is 4.81. The number of nitrogens with zero attached hydrogens (tertiary/aromatic N) is 1. The summed E-state index contributed by atoms with van der Waals surface area (Å²) in [5.74, 6) is -0.793. The van der Waals surface area contributed by atoms with Gasteiger partial charge in [0.05, 0.1) is 4.90 Å². The van der Waals surface area contributed by atoms with Gasteiger partial charge < -0.3 is 5.11 Å². The van der Waals surface area contributed by atoms with Gasteiger partial charge in [-0.3, -0.25) is 0 Å². The minimum Gasteiger partial charge on any atom is -0.478 e. The van der Waals surface area contributed by atoms with Crippen molar-refractivity contribution in [2.75, 3.05) is 13.1 Å². The van der Waals surface area contributed by atoms with Gasteiger partial charge in [0.2, 0.25) is 10.0 Å². The predicted molar refractivity (Wildman–Crippen MR) is 82.4 cm³/mol. The predicted octanol–water partition coefficient (Wildman–Crippen LogP) is 2.45. The van der Waals surface area contributed by atoms with Gasteiger partial charge in [-0.25, -0.2) is 13.2 Å². The second kappa shape index (κ2) is 7.38. The van der Waals surface area contributed by atoms with E-state index < -0.39 is 16.0 Å². The summed E-state index contributed by atoms with van der Waals surface area (Å²) in [5, 5.41) is 8.56. The molecule has 0 unspecified atom stereocenters. The van der Waals surface area contributed by atoms with Gasteiger partial charge in [-0.2, -0.15) is 4.31 Å². The number of aliphatic carboxylic acids is 1. The first kappa shape index (κ1) is 17.4. The lowest BCUT2D eigenvalue weighted by molar-refractivity contribution is -0.131. The maximum Gasteiger partial charge on any atom is 0.328 e. The average Bonchev–Trinajstić information content (AvgIpc) is 2.42. The SMILES string of the molecule is CCN(CC(C)C)S(=O)(=O)c1ccc(/C=C/C(=O)O)cc1. The maximum absolute atomic E-state index is 12.5. The number of carbonyl (C=O) groups is 1. The standard InChI is InChI=1S/C15H21NO4S/c1-4-16(11-12(2)3)21(19,20)14-8-5-13(6-9-14)7-10-15(17)18/h5-10,12H,4,11H2,1-3H3,(H,17,18)/b10-7+. The Balaban J connectivity index is 3.01. The Morgan fingerprint density at radius 2 is 1.86 bits per heavy atom. The molecule has 0 aliphatic heterocycles. The summed E-state index contributed by atoms with van der Waals surface area (Å²) in [4.78, 5) is 10.7. The van der Waals surface area contributed by atoms with Crippen LogP contribution in [0.2, 0.25) is 0 Å². The molecule has 0 saturated carbocycles. The molecule has 21 heavy (non-hydrogen) atoms. The highest BCUT2D eigenvalue weighted by Crippen LogP contribution is 2.18. The van der Waals surface area contributed by atoms with Gasteiger partial charge in [0.1, 0.15) is 0 Å². The highest BCUT2D eigenvalue weighted by Gasteiger charge is 2.23. The Morgan fingerprint density at radius 3 is 2.29 bits per heavy atom. The molecule has 0 aliphatic rings. The molecule has 1 aromatic carbocycles. The normalized spacial score (nSPS) is 12.4. The largest absolute Gasteiger partial charge is 0.478 e. The fraction of sp³-hybridized carbons (Fsp3) is 0.400. The fourth-order valence-corrected chi connectivity index (χ4v) is 3.48. The molecule has 0 heterocycles. The van der Waals surface area contributed by atoms with Crippen molar-refractivity contribution in [2.24, 2.45) is 5.92 Å². The summed E-state index contributed by atoms with van der Waals surface area (Å²) < 4.78 is 26.4. The summed E-state index contributed by atoms with van der Waals surface area (Å²) in [6.45, 7) is 6.64. The van der Waals surface area contributed by atoms with Crippen LogP contribution in [0.4, 0.5) is 0 Å². The molecule has 0 radical (unpaired) electrons. The van der Waals surface area contributed by atoms with E-state index in [4.69, 9.17) is 5.11 Å². The van der Waals surface area contributed by atoms with E-state index >= 15 is 0 Å². The summed E-state index contributed by atoms with van der Waals surface area (Å²) >= 11 is 0. The Kier molecular flexibility index (Phi) is 6.11. The van der Waals surface area contributed by atoms with Crippen LogP contribution in [0.1, 0.15) is 26.3 Å². The molecule has 1 N–H and O–H groups in total. The van der Waals surface area contributed by atoms with Gasteiger partial charge >= 0.3 is 5.97 Å². The highest BCUT2D eigenvalue weighted by atomic mass is 32.2. The van der Waals surface area contributed by atoms with Crippen LogP contribution in [-0.4, -0.2) is 36.9 Å². The van der Waals surface area contributed by atoms with E-state index in [0.29, 0.717) is 18.7 Å². The van der Waals surface area contributed by atoms with E-state index in [1.54, 1.807) is 12.1 Å². The molecule has 0 amide bonds. The maximum atomic E-state index is 12.5. The molecule has 6 heteroatoms. The van der Waals surface area contributed by atoms with E-state index in [-0.39, 0.29) is 10.8 Å². The Labute approximate surface area is 126 Å². The van der Waals surface area contributed by atoms with E-state index in [1.165, 1.54) is 22.5 Å². The number of sulfonamides is 1. The van der Waals surface area contributed by atoms with Crippen molar-refractivity contribution in [1.82, 2.24) is 4.31 Å². The third-order valence-electron chi connectivity index (χ3n) is 2.86. The van der Waals surface area contributed by atoms with Crippen molar-refractivity contribution in [3.63, 3.8) is 0 Å². The van der Waals surface area contributed by atoms with Crippen molar-refractivity contribution >= 4 is 22.1 Å². The van der Waals surface area contributed by atoms with Crippen LogP contribution in [0.3, 0.4) is 0 Å². The van der Waals surface area contributed by atoms with E-state index in [2.05, 4.69) is 0 Å². The highest BCUT2D eigenvalue weighted by molar-refractivity contribution is 7.89. The molecule has 0 aliphatic carbocycles. The molecule has 0 fully saturated rings. The zero-order valence-corrected chi connectivity index (χ0v) is 13.3. The van der Waals surface area contributed by atoms with Gasteiger partial charge in [0.15, 0.2) is 0 Å². The van der Waals surface area contributed by atoms with Gasteiger partial charge in [-0.15, -0.1) is 0 Å². The Hall–Kier alpha value is -1.66. The Bertz CT molecular complexity index is 603. The second-order valence-electron chi connectivity index (χ2n) is 5.09. The zero-order chi connectivity index (χ0) is 16.0. The first-order valence-electron chi connectivity index (χ1n) is 6.78. The molecule has 0 spiro atoms. The molecule has 0 saturated heterocycles. The van der Waals surface area contributed by atoms with E-state index in [1.807, 2.05) is 20.8 Å². The molecule has 116 valence electrons. The fourth-order valence-electron chi connectivity index (χ4n) is 1.87. The quantitative estimate of drug-likeness (QED) is 0.785. The van der Waals surface area contributed by atoms with Crippen LogP contribution < -0.4 is 0 Å². The molecule has 0 aromatic heterocycles. The molecule has 1 aromatic rings. The van der Waals surface area contributed by atoms with Crippen LogP contribution in [0, 0.1) is 5.92 Å². The van der Waals surface area contributed by atoms with Gasteiger partial charge in [-0.05, 0) is 29.7 Å². The molecule has 0 bridgehead atoms. The first-order valence-corrected chi connectivity index (χ1v) is 8.22. The average molecular weight is 311 g/mol. The van der Waals surface area contributed by atoms with Crippen molar-refractivity contribution in [3.8, 4) is 0 Å². The monoisotopic (exact) mass is 311 g/mol. The van der Waals surface area contributed by atoms with Crippen molar-refractivity contribution in [3.05, 3.63) is 35.9 Å². The van der Waals surface area contributed by atoms with Gasteiger partial charge in [-0.1, -0.05) is 32.9 Å². The summed E-state index contributed by atoms with van der Waals surface area (Å²) in [7, 11) is -3.50.